The van der Waals surface area contributed by atoms with E-state index in [2.05, 4.69) is 0 Å². The van der Waals surface area contributed by atoms with E-state index in [4.69, 9.17) is 4.74 Å². The van der Waals surface area contributed by atoms with Crippen LogP contribution in [-0.2, 0) is 32.1 Å². The van der Waals surface area contributed by atoms with Gasteiger partial charge in [0.1, 0.15) is 11.8 Å². The molecule has 3 aromatic rings. The Hall–Kier alpha value is -4.26. The van der Waals surface area contributed by atoms with Crippen LogP contribution in [0.15, 0.2) is 78.9 Å². The maximum atomic E-state index is 13.4. The summed E-state index contributed by atoms with van der Waals surface area (Å²) in [5.74, 6) is -1.22. The van der Waals surface area contributed by atoms with Gasteiger partial charge in [0, 0.05) is 13.5 Å². The van der Waals surface area contributed by atoms with Gasteiger partial charge in [-0.3, -0.25) is 19.2 Å². The number of anilines is 1. The summed E-state index contributed by atoms with van der Waals surface area (Å²) < 4.78 is 5.03. The second-order valence-electron chi connectivity index (χ2n) is 8.54. The number of carbonyl (C=O) groups excluding carboxylic acids is 4. The van der Waals surface area contributed by atoms with Crippen molar-refractivity contribution in [2.45, 2.75) is 39.3 Å². The van der Waals surface area contributed by atoms with Crippen LogP contribution in [0.2, 0.25) is 0 Å². The van der Waals surface area contributed by atoms with Gasteiger partial charge in [0.15, 0.2) is 0 Å². The lowest BCUT2D eigenvalue weighted by Gasteiger charge is -2.28. The highest BCUT2D eigenvalue weighted by molar-refractivity contribution is 6.23. The highest BCUT2D eigenvalue weighted by atomic mass is 16.5. The summed E-state index contributed by atoms with van der Waals surface area (Å²) in [5.41, 5.74) is 3.16. The molecule has 1 aliphatic rings. The molecule has 1 heterocycles. The van der Waals surface area contributed by atoms with Gasteiger partial charge in [-0.05, 0) is 42.3 Å². The molecular formula is C28H26N2O5. The highest BCUT2D eigenvalue weighted by Crippen LogP contribution is 2.29. The molecule has 3 amide bonds. The number of nitrogens with zero attached hydrogens (tertiary/aromatic N) is 2. The number of carbonyl (C=O) groups is 4. The van der Waals surface area contributed by atoms with E-state index in [0.29, 0.717) is 11.4 Å². The van der Waals surface area contributed by atoms with Gasteiger partial charge < -0.3 is 9.64 Å². The predicted octanol–water partition coefficient (Wildman–Crippen LogP) is 3.82. The maximum absolute atomic E-state index is 13.4. The number of amides is 3. The van der Waals surface area contributed by atoms with Crippen molar-refractivity contribution in [1.29, 1.82) is 0 Å². The lowest BCUT2D eigenvalue weighted by Crippen LogP contribution is -2.45. The van der Waals surface area contributed by atoms with E-state index in [1.165, 1.54) is 24.0 Å². The fourth-order valence-electron chi connectivity index (χ4n) is 4.09. The minimum absolute atomic E-state index is 0.100. The van der Waals surface area contributed by atoms with E-state index in [0.717, 1.165) is 21.6 Å². The molecule has 1 saturated heterocycles. The van der Waals surface area contributed by atoms with E-state index in [-0.39, 0.29) is 31.2 Å². The zero-order chi connectivity index (χ0) is 24.9. The van der Waals surface area contributed by atoms with Crippen LogP contribution >= 0.6 is 0 Å². The van der Waals surface area contributed by atoms with E-state index in [9.17, 15) is 19.2 Å². The van der Waals surface area contributed by atoms with Gasteiger partial charge in [-0.25, -0.2) is 4.90 Å². The number of esters is 1. The second kappa shape index (κ2) is 10.3. The topological polar surface area (TPSA) is 84.0 Å². The quantitative estimate of drug-likeness (QED) is 0.298. The van der Waals surface area contributed by atoms with Crippen molar-refractivity contribution >= 4 is 29.4 Å². The average Bonchev–Trinajstić information content (AvgIpc) is 3.13. The molecule has 1 fully saturated rings. The van der Waals surface area contributed by atoms with Gasteiger partial charge in [-0.15, -0.1) is 0 Å². The summed E-state index contributed by atoms with van der Waals surface area (Å²) in [6.07, 6.45) is 0.0265. The summed E-state index contributed by atoms with van der Waals surface area (Å²) in [6.45, 7) is 3.49. The van der Waals surface area contributed by atoms with Gasteiger partial charge in [0.2, 0.25) is 11.8 Å². The van der Waals surface area contributed by atoms with Crippen LogP contribution in [0, 0.1) is 6.92 Å². The van der Waals surface area contributed by atoms with Crippen LogP contribution in [0.3, 0.4) is 0 Å². The Morgan fingerprint density at radius 3 is 2.20 bits per heavy atom. The number of rotatable bonds is 7. The van der Waals surface area contributed by atoms with Crippen molar-refractivity contribution in [1.82, 2.24) is 4.90 Å². The van der Waals surface area contributed by atoms with Crippen molar-refractivity contribution in [2.75, 3.05) is 4.90 Å². The molecule has 4 rings (SSSR count). The number of aryl methyl sites for hydroxylation is 1. The average molecular weight is 471 g/mol. The summed E-state index contributed by atoms with van der Waals surface area (Å²) in [5, 5.41) is 0. The molecule has 0 bridgehead atoms. The predicted molar refractivity (Wildman–Crippen MR) is 131 cm³/mol. The molecular weight excluding hydrogens is 444 g/mol. The van der Waals surface area contributed by atoms with Crippen LogP contribution in [0.1, 0.15) is 30.0 Å². The number of imide groups is 1. The molecule has 3 aromatic carbocycles. The third kappa shape index (κ3) is 5.63. The van der Waals surface area contributed by atoms with Gasteiger partial charge in [0.25, 0.3) is 5.91 Å². The maximum Gasteiger partial charge on any atom is 0.308 e. The molecule has 0 aliphatic carbocycles. The van der Waals surface area contributed by atoms with Crippen molar-refractivity contribution in [3.8, 4) is 5.75 Å². The van der Waals surface area contributed by atoms with Crippen LogP contribution in [0.4, 0.5) is 5.69 Å². The van der Waals surface area contributed by atoms with Gasteiger partial charge >= 0.3 is 5.97 Å². The normalized spacial score (nSPS) is 15.3. The minimum Gasteiger partial charge on any atom is -0.427 e. The van der Waals surface area contributed by atoms with Crippen LogP contribution in [0.25, 0.3) is 0 Å². The summed E-state index contributed by atoms with van der Waals surface area (Å²) in [7, 11) is 0. The zero-order valence-corrected chi connectivity index (χ0v) is 19.6. The molecule has 0 aromatic heterocycles. The summed E-state index contributed by atoms with van der Waals surface area (Å²) in [4.78, 5) is 53.5. The molecule has 7 nitrogen and oxygen atoms in total. The molecule has 7 heteroatoms. The Balaban J connectivity index is 1.60. The molecule has 35 heavy (non-hydrogen) atoms. The molecule has 0 saturated carbocycles. The molecule has 0 radical (unpaired) electrons. The number of hydrogen-bond donors (Lipinski definition) is 0. The lowest BCUT2D eigenvalue weighted by atomic mass is 10.1. The fraction of sp³-hybridized carbons (Fsp3) is 0.214. The number of hydrogen-bond acceptors (Lipinski definition) is 5. The largest absolute Gasteiger partial charge is 0.427 e. The minimum atomic E-state index is -0.909. The molecule has 1 aliphatic heterocycles. The van der Waals surface area contributed by atoms with Crippen molar-refractivity contribution in [3.05, 3.63) is 95.6 Å². The fourth-order valence-corrected chi connectivity index (χ4v) is 4.09. The first-order valence-electron chi connectivity index (χ1n) is 11.4. The number of ether oxygens (including phenoxy) is 1. The Morgan fingerprint density at radius 1 is 0.914 bits per heavy atom. The smallest absolute Gasteiger partial charge is 0.308 e. The monoisotopic (exact) mass is 470 g/mol. The SMILES string of the molecule is CC(=O)Oc1ccc(N2C(=O)CC(N(Cc3ccc(C)cc3)C(=O)Cc3ccccc3)C2=O)cc1. The first-order chi connectivity index (χ1) is 16.8. The van der Waals surface area contributed by atoms with E-state index in [1.54, 1.807) is 12.1 Å². The first kappa shape index (κ1) is 23.9. The third-order valence-corrected chi connectivity index (χ3v) is 5.85. The first-order valence-corrected chi connectivity index (χ1v) is 11.4. The molecule has 1 atom stereocenters. The lowest BCUT2D eigenvalue weighted by molar-refractivity contribution is -0.138. The van der Waals surface area contributed by atoms with Crippen molar-refractivity contribution in [2.24, 2.45) is 0 Å². The van der Waals surface area contributed by atoms with E-state index < -0.39 is 17.9 Å². The summed E-state index contributed by atoms with van der Waals surface area (Å²) >= 11 is 0. The van der Waals surface area contributed by atoms with Gasteiger partial charge in [-0.2, -0.15) is 0 Å². The molecule has 178 valence electrons. The van der Waals surface area contributed by atoms with E-state index in [1.807, 2.05) is 61.5 Å². The van der Waals surface area contributed by atoms with Crippen LogP contribution in [-0.4, -0.2) is 34.6 Å². The Bertz CT molecular complexity index is 1240. The Kier molecular flexibility index (Phi) is 7.06. The standard InChI is InChI=1S/C28H26N2O5/c1-19-8-10-22(11-9-19)18-29(26(32)16-21-6-4-3-5-7-21)25-17-27(33)30(28(25)34)23-12-14-24(15-13-23)35-20(2)31/h3-15,25H,16-18H2,1-2H3. The second-order valence-corrected chi connectivity index (χ2v) is 8.54. The third-order valence-electron chi connectivity index (χ3n) is 5.85. The van der Waals surface area contributed by atoms with Crippen LogP contribution in [0.5, 0.6) is 5.75 Å². The molecule has 0 spiro atoms. The molecule has 0 N–H and O–H groups in total. The van der Waals surface area contributed by atoms with Gasteiger partial charge in [0.05, 0.1) is 18.5 Å². The van der Waals surface area contributed by atoms with Crippen molar-refractivity contribution < 1.29 is 23.9 Å². The van der Waals surface area contributed by atoms with E-state index >= 15 is 0 Å². The van der Waals surface area contributed by atoms with Crippen LogP contribution < -0.4 is 9.64 Å². The Labute approximate surface area is 203 Å². The van der Waals surface area contributed by atoms with Gasteiger partial charge in [-0.1, -0.05) is 60.2 Å². The highest BCUT2D eigenvalue weighted by Gasteiger charge is 2.44. The molecule has 1 unspecified atom stereocenters. The Morgan fingerprint density at radius 2 is 1.57 bits per heavy atom. The summed E-state index contributed by atoms with van der Waals surface area (Å²) in [6, 6.07) is 22.3. The van der Waals surface area contributed by atoms with Crippen molar-refractivity contribution in [3.63, 3.8) is 0 Å². The number of benzene rings is 3. The zero-order valence-electron chi connectivity index (χ0n) is 19.6.